The second-order valence-electron chi connectivity index (χ2n) is 9.35. The van der Waals surface area contributed by atoms with Crippen molar-refractivity contribution in [2.24, 2.45) is 22.7 Å². The zero-order valence-electron chi connectivity index (χ0n) is 24.8. The maximum Gasteiger partial charge on any atom is 0.0319 e. The van der Waals surface area contributed by atoms with E-state index in [1.54, 1.807) is 6.08 Å². The second-order valence-corrected chi connectivity index (χ2v) is 9.35. The summed E-state index contributed by atoms with van der Waals surface area (Å²) in [4.78, 5) is 4.47. The minimum absolute atomic E-state index is 0.705. The molecule has 1 unspecified atom stereocenters. The number of unbranched alkanes of at least 4 members (excludes halogenated alkanes) is 2. The maximum atomic E-state index is 7.00. The van der Waals surface area contributed by atoms with Gasteiger partial charge in [-0.3, -0.25) is 4.99 Å². The first-order valence-electron chi connectivity index (χ1n) is 14.0. The molecule has 1 aliphatic carbocycles. The fourth-order valence-corrected chi connectivity index (χ4v) is 3.91. The molecule has 0 radical (unpaired) electrons. The van der Waals surface area contributed by atoms with Crippen LogP contribution in [0.3, 0.4) is 0 Å². The summed E-state index contributed by atoms with van der Waals surface area (Å²) in [6.07, 6.45) is 23.6. The third-order valence-corrected chi connectivity index (χ3v) is 5.72. The van der Waals surface area contributed by atoms with Crippen LogP contribution in [0.2, 0.25) is 0 Å². The van der Waals surface area contributed by atoms with E-state index in [4.69, 9.17) is 5.11 Å². The Morgan fingerprint density at radius 2 is 1.45 bits per heavy atom. The van der Waals surface area contributed by atoms with Crippen LogP contribution in [-0.2, 0) is 0 Å². The number of nitrogens with zero attached hydrogens (tertiary/aromatic N) is 1. The molecule has 33 heavy (non-hydrogen) atoms. The average molecular weight is 468 g/mol. The molecule has 0 saturated heterocycles. The zero-order valence-corrected chi connectivity index (χ0v) is 24.8. The van der Waals surface area contributed by atoms with Gasteiger partial charge in [0.15, 0.2) is 0 Å². The van der Waals surface area contributed by atoms with Gasteiger partial charge in [-0.25, -0.2) is 0 Å². The molecule has 1 atom stereocenters. The van der Waals surface area contributed by atoms with Crippen molar-refractivity contribution in [2.75, 3.05) is 14.2 Å². The molecule has 2 heteroatoms. The largest absolute Gasteiger partial charge is 0.400 e. The van der Waals surface area contributed by atoms with E-state index in [0.29, 0.717) is 5.92 Å². The van der Waals surface area contributed by atoms with E-state index in [0.717, 1.165) is 18.9 Å². The fraction of sp³-hybridized carbons (Fsp3) is 0.839. The molecule has 1 fully saturated rings. The predicted molar refractivity (Wildman–Crippen MR) is 157 cm³/mol. The van der Waals surface area contributed by atoms with Gasteiger partial charge >= 0.3 is 0 Å². The van der Waals surface area contributed by atoms with Crippen molar-refractivity contribution in [1.29, 1.82) is 0 Å². The van der Waals surface area contributed by atoms with Gasteiger partial charge in [-0.1, -0.05) is 137 Å². The Hall–Kier alpha value is -0.890. The van der Waals surface area contributed by atoms with Crippen LogP contribution in [-0.4, -0.2) is 25.0 Å². The summed E-state index contributed by atoms with van der Waals surface area (Å²) < 4.78 is 0. The molecule has 0 amide bonds. The summed E-state index contributed by atoms with van der Waals surface area (Å²) >= 11 is 0. The van der Waals surface area contributed by atoms with Crippen LogP contribution in [0.4, 0.5) is 0 Å². The molecular formula is C31H65NO. The number of hydrogen-bond acceptors (Lipinski definition) is 2. The summed E-state index contributed by atoms with van der Waals surface area (Å²) in [5.74, 6) is 2.46. The smallest absolute Gasteiger partial charge is 0.0319 e. The average Bonchev–Trinajstić information content (AvgIpc) is 2.79. The van der Waals surface area contributed by atoms with E-state index in [1.165, 1.54) is 89.2 Å². The number of hydrogen-bond donors (Lipinski definition) is 1. The van der Waals surface area contributed by atoms with E-state index in [1.807, 2.05) is 26.1 Å². The lowest BCUT2D eigenvalue weighted by molar-refractivity contribution is 0.399. The Balaban J connectivity index is -0.000000189. The van der Waals surface area contributed by atoms with Gasteiger partial charge in [-0.05, 0) is 43.9 Å². The van der Waals surface area contributed by atoms with Crippen molar-refractivity contribution in [2.45, 2.75) is 139 Å². The fourth-order valence-electron chi connectivity index (χ4n) is 3.91. The SMILES string of the molecule is C=C/C=C\C.CC1CCCCCCC1.CCC.CCCCCC(=NC)C(CC)C(C)C.CO. The third-order valence-electron chi connectivity index (χ3n) is 5.72. The molecule has 1 N–H and O–H groups in total. The van der Waals surface area contributed by atoms with Crippen LogP contribution < -0.4 is 0 Å². The summed E-state index contributed by atoms with van der Waals surface area (Å²) in [5, 5.41) is 7.00. The van der Waals surface area contributed by atoms with Gasteiger partial charge < -0.3 is 5.11 Å². The summed E-state index contributed by atoms with van der Waals surface area (Å²) in [5.41, 5.74) is 1.44. The summed E-state index contributed by atoms with van der Waals surface area (Å²) in [7, 11) is 2.95. The highest BCUT2D eigenvalue weighted by molar-refractivity contribution is 5.86. The molecule has 2 nitrogen and oxygen atoms in total. The zero-order chi connectivity index (χ0) is 26.3. The first kappa shape index (κ1) is 39.3. The predicted octanol–water partition coefficient (Wildman–Crippen LogP) is 10.5. The Kier molecular flexibility index (Phi) is 42.5. The van der Waals surface area contributed by atoms with Crippen LogP contribution in [0.5, 0.6) is 0 Å². The van der Waals surface area contributed by atoms with Gasteiger partial charge in [0.25, 0.3) is 0 Å². The lowest BCUT2D eigenvalue weighted by Crippen LogP contribution is -2.19. The van der Waals surface area contributed by atoms with E-state index in [2.05, 4.69) is 60.0 Å². The van der Waals surface area contributed by atoms with Gasteiger partial charge in [0.05, 0.1) is 0 Å². The molecule has 0 bridgehead atoms. The third kappa shape index (κ3) is 33.4. The molecule has 0 heterocycles. The van der Waals surface area contributed by atoms with Gasteiger partial charge in [-0.15, -0.1) is 0 Å². The standard InChI is InChI=1S/C13H27N.C9H18.C5H8.C3H8.CH4O/c1-6-8-9-10-13(14-5)12(7-2)11(3)4;1-9-7-5-3-2-4-6-8-9;1-3-5-4-2;1-3-2;1-2/h11-12H,6-10H2,1-5H3;9H,2-8H2,1H3;3-5H,1H2,2H3;3H2,1-2H3;2H,1H3/b;;5-4-;;. The normalized spacial score (nSPS) is 15.2. The highest BCUT2D eigenvalue weighted by Crippen LogP contribution is 2.21. The van der Waals surface area contributed by atoms with Gasteiger partial charge in [0.1, 0.15) is 0 Å². The number of aliphatic hydroxyl groups is 1. The Morgan fingerprint density at radius 1 is 0.970 bits per heavy atom. The first-order chi connectivity index (χ1) is 15.9. The maximum absolute atomic E-state index is 7.00. The van der Waals surface area contributed by atoms with E-state index in [-0.39, 0.29) is 0 Å². The number of allylic oxidation sites excluding steroid dienone is 3. The van der Waals surface area contributed by atoms with Crippen molar-refractivity contribution < 1.29 is 5.11 Å². The molecule has 0 aliphatic heterocycles. The molecule has 0 spiro atoms. The van der Waals surface area contributed by atoms with Gasteiger partial charge in [-0.2, -0.15) is 0 Å². The van der Waals surface area contributed by atoms with Crippen LogP contribution in [0.25, 0.3) is 0 Å². The topological polar surface area (TPSA) is 32.6 Å². The molecule has 0 aromatic heterocycles. The van der Waals surface area contributed by atoms with Crippen molar-refractivity contribution in [1.82, 2.24) is 0 Å². The monoisotopic (exact) mass is 468 g/mol. The highest BCUT2D eigenvalue weighted by atomic mass is 16.2. The second kappa shape index (κ2) is 35.7. The molecule has 0 aromatic rings. The van der Waals surface area contributed by atoms with Crippen molar-refractivity contribution >= 4 is 5.71 Å². The summed E-state index contributed by atoms with van der Waals surface area (Å²) in [6.45, 7) is 21.2. The van der Waals surface area contributed by atoms with E-state index in [9.17, 15) is 0 Å². The van der Waals surface area contributed by atoms with Crippen LogP contribution in [0, 0.1) is 17.8 Å². The lowest BCUT2D eigenvalue weighted by atomic mass is 9.86. The molecular weight excluding hydrogens is 402 g/mol. The minimum Gasteiger partial charge on any atom is -0.400 e. The molecule has 1 aliphatic rings. The molecule has 1 saturated carbocycles. The number of rotatable bonds is 8. The Morgan fingerprint density at radius 3 is 1.76 bits per heavy atom. The quantitative estimate of drug-likeness (QED) is 0.215. The van der Waals surface area contributed by atoms with Crippen LogP contribution in [0.15, 0.2) is 29.8 Å². The lowest BCUT2D eigenvalue weighted by Gasteiger charge is -2.21. The number of aliphatic imine (C=N–C) groups is 1. The van der Waals surface area contributed by atoms with Gasteiger partial charge in [0, 0.05) is 19.9 Å². The Labute approximate surface area is 211 Å². The Bertz CT molecular complexity index is 390. The molecule has 0 aromatic carbocycles. The molecule has 1 rings (SSSR count). The highest BCUT2D eigenvalue weighted by Gasteiger charge is 2.16. The molecule has 200 valence electrons. The van der Waals surface area contributed by atoms with Crippen molar-refractivity contribution in [3.8, 4) is 0 Å². The first-order valence-corrected chi connectivity index (χ1v) is 14.0. The van der Waals surface area contributed by atoms with E-state index >= 15 is 0 Å². The van der Waals surface area contributed by atoms with E-state index < -0.39 is 0 Å². The minimum atomic E-state index is 0.705. The summed E-state index contributed by atoms with van der Waals surface area (Å²) in [6, 6.07) is 0. The van der Waals surface area contributed by atoms with Crippen LogP contribution in [0.1, 0.15) is 139 Å². The number of aliphatic hydroxyl groups excluding tert-OH is 1. The van der Waals surface area contributed by atoms with Gasteiger partial charge in [0.2, 0.25) is 0 Å². The van der Waals surface area contributed by atoms with Crippen LogP contribution >= 0.6 is 0 Å². The van der Waals surface area contributed by atoms with Crippen molar-refractivity contribution in [3.63, 3.8) is 0 Å². The van der Waals surface area contributed by atoms with Crippen molar-refractivity contribution in [3.05, 3.63) is 24.8 Å².